The van der Waals surface area contributed by atoms with E-state index in [1.54, 1.807) is 0 Å². The van der Waals surface area contributed by atoms with E-state index in [0.717, 1.165) is 25.3 Å². The summed E-state index contributed by atoms with van der Waals surface area (Å²) in [6, 6.07) is 2.65. The molecule has 2 aromatic rings. The quantitative estimate of drug-likeness (QED) is 0.149. The number of ether oxygens (including phenoxy) is 1. The van der Waals surface area contributed by atoms with E-state index in [0.29, 0.717) is 6.07 Å². The van der Waals surface area contributed by atoms with Crippen LogP contribution < -0.4 is 5.32 Å². The predicted molar refractivity (Wildman–Crippen MR) is 90.1 cm³/mol. The van der Waals surface area contributed by atoms with E-state index in [4.69, 9.17) is 4.74 Å². The predicted octanol–water partition coefficient (Wildman–Crippen LogP) is 4.43. The second-order valence-electron chi connectivity index (χ2n) is 5.53. The highest BCUT2D eigenvalue weighted by Crippen LogP contribution is 2.24. The number of nitrogens with one attached hydrogen (secondary N) is 1. The first-order valence-electron chi connectivity index (χ1n) is 7.95. The van der Waals surface area contributed by atoms with Gasteiger partial charge in [-0.2, -0.15) is 0 Å². The summed E-state index contributed by atoms with van der Waals surface area (Å²) < 4.78 is 72.5. The molecular formula is C19H14F5NO3. The van der Waals surface area contributed by atoms with Crippen LogP contribution in [0.1, 0.15) is 22.8 Å². The molecule has 0 saturated carbocycles. The second-order valence-corrected chi connectivity index (χ2v) is 5.53. The Morgan fingerprint density at radius 2 is 1.71 bits per heavy atom. The van der Waals surface area contributed by atoms with Crippen LogP contribution in [0.15, 0.2) is 36.0 Å². The molecule has 0 aliphatic carbocycles. The molecule has 148 valence electrons. The summed E-state index contributed by atoms with van der Waals surface area (Å²) in [7, 11) is 0. The van der Waals surface area contributed by atoms with Crippen molar-refractivity contribution in [3.05, 3.63) is 76.3 Å². The van der Waals surface area contributed by atoms with E-state index in [1.807, 2.05) is 0 Å². The Bertz CT molecular complexity index is 973. The number of ketones is 1. The van der Waals surface area contributed by atoms with Crippen LogP contribution in [0.5, 0.6) is 0 Å². The van der Waals surface area contributed by atoms with Gasteiger partial charge in [-0.05, 0) is 26.0 Å². The first-order chi connectivity index (χ1) is 13.2. The number of rotatable bonds is 6. The average molecular weight is 399 g/mol. The van der Waals surface area contributed by atoms with Gasteiger partial charge in [0, 0.05) is 23.9 Å². The van der Waals surface area contributed by atoms with Gasteiger partial charge in [0.1, 0.15) is 23.0 Å². The molecule has 0 aliphatic rings. The van der Waals surface area contributed by atoms with Crippen LogP contribution in [0.25, 0.3) is 0 Å². The summed E-state index contributed by atoms with van der Waals surface area (Å²) in [5.41, 5.74) is -2.61. The van der Waals surface area contributed by atoms with E-state index in [1.165, 1.54) is 6.92 Å². The first kappa shape index (κ1) is 21.1. The summed E-state index contributed by atoms with van der Waals surface area (Å²) in [6.45, 7) is 2.26. The number of esters is 1. The van der Waals surface area contributed by atoms with E-state index < -0.39 is 57.5 Å². The third-order valence-corrected chi connectivity index (χ3v) is 3.68. The van der Waals surface area contributed by atoms with Gasteiger partial charge in [-0.25, -0.2) is 26.7 Å². The molecule has 0 unspecified atom stereocenters. The number of anilines is 1. The van der Waals surface area contributed by atoms with Crippen LogP contribution in [0, 0.1) is 36.0 Å². The van der Waals surface area contributed by atoms with Crippen molar-refractivity contribution in [3.63, 3.8) is 0 Å². The van der Waals surface area contributed by atoms with Crippen LogP contribution in [0.3, 0.4) is 0 Å². The number of Topliss-reactive ketones (excluding diaryl/α,β-unsaturated/α-hetero) is 1. The van der Waals surface area contributed by atoms with Gasteiger partial charge in [0.25, 0.3) is 0 Å². The Morgan fingerprint density at radius 3 is 2.32 bits per heavy atom. The minimum atomic E-state index is -1.50. The lowest BCUT2D eigenvalue weighted by atomic mass is 9.98. The SMILES string of the molecule is CCOC(=O)/C(=C\Nc1ccc(F)cc1F)C(=O)c1c(F)cc(F)c(F)c1C. The molecule has 0 aliphatic heterocycles. The van der Waals surface area contributed by atoms with Gasteiger partial charge >= 0.3 is 5.97 Å². The lowest BCUT2D eigenvalue weighted by Gasteiger charge is -2.11. The van der Waals surface area contributed by atoms with E-state index in [2.05, 4.69) is 5.32 Å². The van der Waals surface area contributed by atoms with Crippen molar-refractivity contribution < 1.29 is 36.3 Å². The largest absolute Gasteiger partial charge is 0.462 e. The zero-order valence-electron chi connectivity index (χ0n) is 14.7. The summed E-state index contributed by atoms with van der Waals surface area (Å²) in [6.07, 6.45) is 0.719. The maximum absolute atomic E-state index is 14.1. The van der Waals surface area contributed by atoms with Crippen LogP contribution in [-0.2, 0) is 9.53 Å². The molecule has 0 fully saturated rings. The molecular weight excluding hydrogens is 385 g/mol. The number of halogens is 5. The molecule has 4 nitrogen and oxygen atoms in total. The van der Waals surface area contributed by atoms with Crippen molar-refractivity contribution in [2.75, 3.05) is 11.9 Å². The molecule has 0 atom stereocenters. The van der Waals surface area contributed by atoms with Gasteiger partial charge < -0.3 is 10.1 Å². The third-order valence-electron chi connectivity index (χ3n) is 3.68. The van der Waals surface area contributed by atoms with E-state index in [-0.39, 0.29) is 18.4 Å². The molecule has 2 rings (SSSR count). The van der Waals surface area contributed by atoms with Gasteiger partial charge in [0.15, 0.2) is 11.6 Å². The van der Waals surface area contributed by atoms with Gasteiger partial charge in [-0.1, -0.05) is 0 Å². The number of hydrogen-bond donors (Lipinski definition) is 1. The highest BCUT2D eigenvalue weighted by atomic mass is 19.2. The number of carbonyl (C=O) groups excluding carboxylic acids is 2. The maximum Gasteiger partial charge on any atom is 0.343 e. The highest BCUT2D eigenvalue weighted by Gasteiger charge is 2.28. The van der Waals surface area contributed by atoms with Gasteiger partial charge in [-0.3, -0.25) is 4.79 Å². The van der Waals surface area contributed by atoms with Gasteiger partial charge in [-0.15, -0.1) is 0 Å². The summed E-state index contributed by atoms with van der Waals surface area (Å²) >= 11 is 0. The monoisotopic (exact) mass is 399 g/mol. The Kier molecular flexibility index (Phi) is 6.50. The van der Waals surface area contributed by atoms with Crippen molar-refractivity contribution in [1.82, 2.24) is 0 Å². The molecule has 28 heavy (non-hydrogen) atoms. The lowest BCUT2D eigenvalue weighted by molar-refractivity contribution is -0.138. The number of hydrogen-bond acceptors (Lipinski definition) is 4. The lowest BCUT2D eigenvalue weighted by Crippen LogP contribution is -2.20. The minimum Gasteiger partial charge on any atom is -0.462 e. The average Bonchev–Trinajstić information content (AvgIpc) is 2.62. The zero-order valence-corrected chi connectivity index (χ0v) is 14.7. The van der Waals surface area contributed by atoms with E-state index >= 15 is 0 Å². The van der Waals surface area contributed by atoms with Crippen molar-refractivity contribution in [2.45, 2.75) is 13.8 Å². The van der Waals surface area contributed by atoms with Gasteiger partial charge in [0.05, 0.1) is 17.9 Å². The number of benzene rings is 2. The molecule has 0 saturated heterocycles. The second kappa shape index (κ2) is 8.64. The van der Waals surface area contributed by atoms with Crippen molar-refractivity contribution in [3.8, 4) is 0 Å². The standard InChI is InChI=1S/C19H14F5NO3/c1-3-28-19(27)11(8-25-15-5-4-10(20)6-12(15)21)18(26)16-9(2)17(24)14(23)7-13(16)22/h4-8,25H,3H2,1-2H3/b11-8-. The molecule has 0 bridgehead atoms. The maximum atomic E-state index is 14.1. The molecule has 0 spiro atoms. The van der Waals surface area contributed by atoms with E-state index in [9.17, 15) is 31.5 Å². The summed E-state index contributed by atoms with van der Waals surface area (Å²) in [5.74, 6) is -8.72. The Morgan fingerprint density at radius 1 is 1.04 bits per heavy atom. The Hall–Kier alpha value is -3.23. The molecule has 0 heterocycles. The molecule has 1 N–H and O–H groups in total. The minimum absolute atomic E-state index is 0.145. The first-order valence-corrected chi connectivity index (χ1v) is 7.95. The highest BCUT2D eigenvalue weighted by molar-refractivity contribution is 6.24. The molecule has 2 aromatic carbocycles. The summed E-state index contributed by atoms with van der Waals surface area (Å²) in [4.78, 5) is 24.7. The fraction of sp³-hybridized carbons (Fsp3) is 0.158. The normalized spacial score (nSPS) is 11.3. The molecule has 0 radical (unpaired) electrons. The number of carbonyl (C=O) groups is 2. The smallest absolute Gasteiger partial charge is 0.343 e. The van der Waals surface area contributed by atoms with Crippen molar-refractivity contribution in [2.24, 2.45) is 0 Å². The van der Waals surface area contributed by atoms with Crippen LogP contribution in [0.2, 0.25) is 0 Å². The van der Waals surface area contributed by atoms with Crippen molar-refractivity contribution in [1.29, 1.82) is 0 Å². The third kappa shape index (κ3) is 4.36. The molecule has 0 aromatic heterocycles. The summed E-state index contributed by atoms with van der Waals surface area (Å²) in [5, 5.41) is 2.28. The zero-order chi connectivity index (χ0) is 21.0. The van der Waals surface area contributed by atoms with Crippen LogP contribution >= 0.6 is 0 Å². The molecule has 9 heteroatoms. The fourth-order valence-corrected chi connectivity index (χ4v) is 2.31. The topological polar surface area (TPSA) is 55.4 Å². The van der Waals surface area contributed by atoms with Crippen LogP contribution in [0.4, 0.5) is 27.6 Å². The van der Waals surface area contributed by atoms with Crippen LogP contribution in [-0.4, -0.2) is 18.4 Å². The van der Waals surface area contributed by atoms with Crippen molar-refractivity contribution >= 4 is 17.4 Å². The Balaban J connectivity index is 2.50. The fourth-order valence-electron chi connectivity index (χ4n) is 2.31. The molecule has 0 amide bonds. The Labute approximate surface area is 156 Å². The van der Waals surface area contributed by atoms with Gasteiger partial charge in [0.2, 0.25) is 5.78 Å².